The number of esters is 1. The second-order valence-corrected chi connectivity index (χ2v) is 9.70. The summed E-state index contributed by atoms with van der Waals surface area (Å²) in [6.07, 6.45) is 15.3. The lowest BCUT2D eigenvalue weighted by atomic mass is 9.72. The molecule has 0 radical (unpaired) electrons. The zero-order valence-electron chi connectivity index (χ0n) is 19.5. The molecule has 0 amide bonds. The van der Waals surface area contributed by atoms with E-state index in [-0.39, 0.29) is 17.8 Å². The third-order valence-corrected chi connectivity index (χ3v) is 5.30. The lowest BCUT2D eigenvalue weighted by molar-refractivity contribution is -0.145. The summed E-state index contributed by atoms with van der Waals surface area (Å²) in [7, 11) is 0. The van der Waals surface area contributed by atoms with Crippen LogP contribution >= 0.6 is 0 Å². The Morgan fingerprint density at radius 3 is 2.34 bits per heavy atom. The molecule has 0 heterocycles. The summed E-state index contributed by atoms with van der Waals surface area (Å²) < 4.78 is 5.03. The molecule has 0 aromatic carbocycles. The van der Waals surface area contributed by atoms with Crippen LogP contribution < -0.4 is 0 Å². The van der Waals surface area contributed by atoms with E-state index in [1.54, 1.807) is 0 Å². The van der Waals surface area contributed by atoms with Gasteiger partial charge in [0.05, 0.1) is 0 Å². The SMILES string of the molecule is CC1=C(/C=C/C(C)=C/C=C/C(C)=C/C(=O)OCC(=O)C(C)(C)C)C(C)(C)CCC1. The molecular formula is C26H38O3. The van der Waals surface area contributed by atoms with Gasteiger partial charge in [-0.25, -0.2) is 4.79 Å². The van der Waals surface area contributed by atoms with Crippen LogP contribution in [0, 0.1) is 10.8 Å². The molecule has 0 fully saturated rings. The van der Waals surface area contributed by atoms with Gasteiger partial charge in [0, 0.05) is 11.5 Å². The fraction of sp³-hybridized carbons (Fsp3) is 0.538. The highest BCUT2D eigenvalue weighted by molar-refractivity contribution is 5.89. The van der Waals surface area contributed by atoms with Crippen LogP contribution in [-0.2, 0) is 14.3 Å². The van der Waals surface area contributed by atoms with E-state index in [1.165, 1.54) is 36.5 Å². The maximum Gasteiger partial charge on any atom is 0.331 e. The van der Waals surface area contributed by atoms with Gasteiger partial charge >= 0.3 is 5.97 Å². The number of allylic oxidation sites excluding steroid dienone is 9. The van der Waals surface area contributed by atoms with E-state index in [0.29, 0.717) is 0 Å². The van der Waals surface area contributed by atoms with Crippen molar-refractivity contribution in [1.29, 1.82) is 0 Å². The van der Waals surface area contributed by atoms with Crippen LogP contribution in [0.3, 0.4) is 0 Å². The number of carbonyl (C=O) groups is 2. The van der Waals surface area contributed by atoms with Crippen molar-refractivity contribution >= 4 is 11.8 Å². The van der Waals surface area contributed by atoms with Crippen molar-refractivity contribution in [2.24, 2.45) is 10.8 Å². The molecule has 1 rings (SSSR count). The molecule has 0 saturated heterocycles. The molecule has 0 atom stereocenters. The Kier molecular flexibility index (Phi) is 9.07. The van der Waals surface area contributed by atoms with Gasteiger partial charge in [-0.2, -0.15) is 0 Å². The minimum absolute atomic E-state index is 0.0933. The first-order chi connectivity index (χ1) is 13.3. The van der Waals surface area contributed by atoms with E-state index >= 15 is 0 Å². The van der Waals surface area contributed by atoms with Crippen molar-refractivity contribution in [2.75, 3.05) is 6.61 Å². The zero-order chi connectivity index (χ0) is 22.2. The van der Waals surface area contributed by atoms with Crippen LogP contribution in [0.1, 0.15) is 74.7 Å². The molecule has 0 aliphatic heterocycles. The molecular weight excluding hydrogens is 360 g/mol. The number of ether oxygens (including phenoxy) is 1. The standard InChI is InChI=1S/C26H38O3/c1-19(14-15-22-21(3)13-10-16-26(22,7)8)11-9-12-20(2)17-24(28)29-18-23(27)25(4,5)6/h9,11-12,14-15,17H,10,13,16,18H2,1-8H3/b12-9+,15-14+,19-11+,20-17+. The normalized spacial score (nSPS) is 18.6. The Morgan fingerprint density at radius 2 is 1.76 bits per heavy atom. The van der Waals surface area contributed by atoms with Gasteiger partial charge in [0.15, 0.2) is 12.4 Å². The lowest BCUT2D eigenvalue weighted by Crippen LogP contribution is -2.26. The topological polar surface area (TPSA) is 43.4 Å². The van der Waals surface area contributed by atoms with Crippen molar-refractivity contribution in [3.63, 3.8) is 0 Å². The molecule has 160 valence electrons. The van der Waals surface area contributed by atoms with Gasteiger partial charge in [-0.15, -0.1) is 0 Å². The van der Waals surface area contributed by atoms with Crippen molar-refractivity contribution in [2.45, 2.75) is 74.7 Å². The number of hydrogen-bond acceptors (Lipinski definition) is 3. The highest BCUT2D eigenvalue weighted by Crippen LogP contribution is 2.40. The highest BCUT2D eigenvalue weighted by Gasteiger charge is 2.26. The summed E-state index contributed by atoms with van der Waals surface area (Å²) in [5.74, 6) is -0.587. The van der Waals surface area contributed by atoms with Gasteiger partial charge in [-0.3, -0.25) is 4.79 Å². The highest BCUT2D eigenvalue weighted by atomic mass is 16.5. The number of carbonyl (C=O) groups excluding carboxylic acids is 2. The fourth-order valence-electron chi connectivity index (χ4n) is 3.26. The van der Waals surface area contributed by atoms with E-state index in [4.69, 9.17) is 4.74 Å². The Hall–Kier alpha value is -2.16. The van der Waals surface area contributed by atoms with Crippen molar-refractivity contribution in [3.8, 4) is 0 Å². The molecule has 1 aliphatic rings. The largest absolute Gasteiger partial charge is 0.454 e. The molecule has 1 aliphatic carbocycles. The Labute approximate surface area is 177 Å². The second kappa shape index (κ2) is 10.6. The third-order valence-electron chi connectivity index (χ3n) is 5.30. The molecule has 0 N–H and O–H groups in total. The summed E-state index contributed by atoms with van der Waals surface area (Å²) in [5.41, 5.74) is 4.60. The quantitative estimate of drug-likeness (QED) is 0.273. The van der Waals surface area contributed by atoms with Gasteiger partial charge in [0.25, 0.3) is 0 Å². The van der Waals surface area contributed by atoms with Gasteiger partial charge in [-0.05, 0) is 56.6 Å². The van der Waals surface area contributed by atoms with Crippen LogP contribution in [0.15, 0.2) is 58.7 Å². The molecule has 29 heavy (non-hydrogen) atoms. The van der Waals surface area contributed by atoms with Gasteiger partial charge in [-0.1, -0.05) is 76.1 Å². The Bertz CT molecular complexity index is 762. The summed E-state index contributed by atoms with van der Waals surface area (Å²) >= 11 is 0. The number of Topliss-reactive ketones (excluding diaryl/α,β-unsaturated/α-hetero) is 1. The summed E-state index contributed by atoms with van der Waals surface area (Å²) in [5, 5.41) is 0. The number of ketones is 1. The first kappa shape index (κ1) is 24.9. The fourth-order valence-corrected chi connectivity index (χ4v) is 3.26. The smallest absolute Gasteiger partial charge is 0.331 e. The van der Waals surface area contributed by atoms with Gasteiger partial charge in [0.2, 0.25) is 0 Å². The molecule has 3 nitrogen and oxygen atoms in total. The average Bonchev–Trinajstić information content (AvgIpc) is 2.57. The maximum atomic E-state index is 11.8. The second-order valence-electron chi connectivity index (χ2n) is 9.70. The van der Waals surface area contributed by atoms with Crippen LogP contribution in [-0.4, -0.2) is 18.4 Å². The molecule has 0 aromatic rings. The van der Waals surface area contributed by atoms with Gasteiger partial charge < -0.3 is 4.74 Å². The van der Waals surface area contributed by atoms with E-state index in [1.807, 2.05) is 45.9 Å². The first-order valence-electron chi connectivity index (χ1n) is 10.4. The molecule has 0 aromatic heterocycles. The Balaban J connectivity index is 2.65. The first-order valence-corrected chi connectivity index (χ1v) is 10.4. The minimum atomic E-state index is -0.504. The maximum absolute atomic E-state index is 11.8. The third kappa shape index (κ3) is 8.81. The lowest BCUT2D eigenvalue weighted by Gasteiger charge is -2.32. The summed E-state index contributed by atoms with van der Waals surface area (Å²) in [6.45, 7) is 16.0. The molecule has 0 spiro atoms. The summed E-state index contributed by atoms with van der Waals surface area (Å²) in [4.78, 5) is 23.6. The molecule has 0 unspecified atom stereocenters. The summed E-state index contributed by atoms with van der Waals surface area (Å²) in [6, 6.07) is 0. The van der Waals surface area contributed by atoms with Crippen LogP contribution in [0.2, 0.25) is 0 Å². The predicted octanol–water partition coefficient (Wildman–Crippen LogP) is 6.68. The van der Waals surface area contributed by atoms with Gasteiger partial charge in [0.1, 0.15) is 0 Å². The van der Waals surface area contributed by atoms with E-state index in [0.717, 1.165) is 11.1 Å². The number of hydrogen-bond donors (Lipinski definition) is 0. The van der Waals surface area contributed by atoms with E-state index in [2.05, 4.69) is 39.8 Å². The van der Waals surface area contributed by atoms with Crippen LogP contribution in [0.25, 0.3) is 0 Å². The van der Waals surface area contributed by atoms with Crippen molar-refractivity contribution in [1.82, 2.24) is 0 Å². The van der Waals surface area contributed by atoms with E-state index in [9.17, 15) is 9.59 Å². The van der Waals surface area contributed by atoms with Crippen LogP contribution in [0.5, 0.6) is 0 Å². The minimum Gasteiger partial charge on any atom is -0.454 e. The predicted molar refractivity (Wildman–Crippen MR) is 122 cm³/mol. The zero-order valence-corrected chi connectivity index (χ0v) is 19.5. The van der Waals surface area contributed by atoms with Crippen LogP contribution in [0.4, 0.5) is 0 Å². The molecule has 0 saturated carbocycles. The monoisotopic (exact) mass is 398 g/mol. The van der Waals surface area contributed by atoms with Crippen molar-refractivity contribution in [3.05, 3.63) is 58.7 Å². The van der Waals surface area contributed by atoms with Crippen molar-refractivity contribution < 1.29 is 14.3 Å². The number of rotatable bonds is 7. The van der Waals surface area contributed by atoms with E-state index < -0.39 is 11.4 Å². The molecule has 3 heteroatoms. The Morgan fingerprint density at radius 1 is 1.10 bits per heavy atom. The molecule has 0 bridgehead atoms. The average molecular weight is 399 g/mol.